The molecule has 0 bridgehead atoms. The topological polar surface area (TPSA) is 145 Å². The van der Waals surface area contributed by atoms with Crippen molar-refractivity contribution < 1.29 is 42.8 Å². The minimum absolute atomic E-state index is 0.229. The molecule has 3 heterocycles. The molecule has 1 aromatic carbocycles. The summed E-state index contributed by atoms with van der Waals surface area (Å²) in [5, 5.41) is 8.37. The van der Waals surface area contributed by atoms with Crippen LogP contribution in [0.5, 0.6) is 5.75 Å². The highest BCUT2D eigenvalue weighted by Gasteiger charge is 2.62. The molecule has 2 saturated heterocycles. The number of hydrogen-bond acceptors (Lipinski definition) is 9. The predicted octanol–water partition coefficient (Wildman–Crippen LogP) is 2.81. The van der Waals surface area contributed by atoms with Crippen LogP contribution in [0.15, 0.2) is 48.8 Å². The van der Waals surface area contributed by atoms with Crippen LogP contribution in [0.2, 0.25) is 0 Å². The van der Waals surface area contributed by atoms with Crippen molar-refractivity contribution in [1.29, 1.82) is 0 Å². The van der Waals surface area contributed by atoms with Gasteiger partial charge in [-0.25, -0.2) is 0 Å². The number of pyridine rings is 1. The van der Waals surface area contributed by atoms with Crippen molar-refractivity contribution in [2.75, 3.05) is 13.2 Å². The number of aliphatic hydroxyl groups is 1. The Labute approximate surface area is 190 Å². The zero-order valence-corrected chi connectivity index (χ0v) is 19.4. The smallest absolute Gasteiger partial charge is 0.371 e. The summed E-state index contributed by atoms with van der Waals surface area (Å²) in [4.78, 5) is 37.6. The van der Waals surface area contributed by atoms with Gasteiger partial charge in [0, 0.05) is 37.6 Å². The van der Waals surface area contributed by atoms with E-state index < -0.39 is 32.7 Å². The minimum Gasteiger partial charge on any atom is -0.426 e. The molecule has 178 valence electrons. The number of ether oxygens (including phenoxy) is 2. The number of carbonyl (C=O) groups is 1. The second-order valence-electron chi connectivity index (χ2n) is 7.95. The molecule has 2 aliphatic rings. The molecule has 0 spiro atoms. The number of aromatic nitrogens is 1. The predicted molar refractivity (Wildman–Crippen MR) is 120 cm³/mol. The molecule has 4 atom stereocenters. The maximum absolute atomic E-state index is 13.0. The van der Waals surface area contributed by atoms with E-state index in [4.69, 9.17) is 18.5 Å². The lowest BCUT2D eigenvalue weighted by Gasteiger charge is -2.45. The molecular weight excluding hydrogens is 472 g/mol. The summed E-state index contributed by atoms with van der Waals surface area (Å²) in [5.41, 5.74) is 0.679. The van der Waals surface area contributed by atoms with Gasteiger partial charge in [0.05, 0.1) is 5.92 Å². The van der Waals surface area contributed by atoms with E-state index in [0.29, 0.717) is 31.6 Å². The van der Waals surface area contributed by atoms with E-state index in [0.717, 1.165) is 0 Å². The number of nitrogens with zero attached hydrogens (tertiary/aromatic N) is 1. The molecule has 10 nitrogen and oxygen atoms in total. The van der Waals surface area contributed by atoms with Gasteiger partial charge < -0.3 is 24.4 Å². The summed E-state index contributed by atoms with van der Waals surface area (Å²) in [7, 11) is -8.91. The average Bonchev–Trinajstić information content (AvgIpc) is 2.79. The molecule has 0 amide bonds. The Morgan fingerprint density at radius 3 is 2.48 bits per heavy atom. The third-order valence-electron chi connectivity index (χ3n) is 5.61. The fourth-order valence-corrected chi connectivity index (χ4v) is 7.61. The second kappa shape index (κ2) is 9.41. The first kappa shape index (κ1) is 24.3. The average molecular weight is 497 g/mol. The number of esters is 1. The van der Waals surface area contributed by atoms with Crippen LogP contribution >= 0.6 is 14.9 Å². The first-order valence-corrected chi connectivity index (χ1v) is 13.7. The molecule has 2 aromatic rings. The number of rotatable bonds is 5. The Hall–Kier alpha value is -1.87. The van der Waals surface area contributed by atoms with E-state index in [-0.39, 0.29) is 23.2 Å². The summed E-state index contributed by atoms with van der Waals surface area (Å²) < 4.78 is 34.4. The molecule has 2 fully saturated rings. The van der Waals surface area contributed by atoms with Crippen molar-refractivity contribution in [3.05, 3.63) is 59.9 Å². The molecule has 2 aliphatic heterocycles. The van der Waals surface area contributed by atoms with Crippen molar-refractivity contribution in [3.8, 4) is 5.75 Å². The van der Waals surface area contributed by atoms with Crippen molar-refractivity contribution in [2.45, 2.75) is 30.6 Å². The molecule has 0 aliphatic carbocycles. The zero-order chi connectivity index (χ0) is 23.7. The van der Waals surface area contributed by atoms with Gasteiger partial charge in [0.1, 0.15) is 5.75 Å². The maximum atomic E-state index is 13.0. The van der Waals surface area contributed by atoms with E-state index in [1.54, 1.807) is 12.1 Å². The molecule has 3 N–H and O–H groups in total. The van der Waals surface area contributed by atoms with Crippen molar-refractivity contribution in [1.82, 2.24) is 4.98 Å². The Kier molecular flexibility index (Phi) is 6.92. The fourth-order valence-electron chi connectivity index (χ4n) is 3.62. The van der Waals surface area contributed by atoms with Crippen LogP contribution in [-0.2, 0) is 29.6 Å². The lowest BCUT2D eigenvalue weighted by Crippen LogP contribution is -2.38. The summed E-state index contributed by atoms with van der Waals surface area (Å²) in [5.74, 6) is -0.298. The Balaban J connectivity index is 1.49. The van der Waals surface area contributed by atoms with Crippen LogP contribution in [0, 0.1) is 5.92 Å². The van der Waals surface area contributed by atoms with Crippen LogP contribution in [0.4, 0.5) is 0 Å². The molecular formula is C21H25NO9P2. The second-order valence-corrected chi connectivity index (χ2v) is 12.7. The normalized spacial score (nSPS) is 32.9. The third-order valence-corrected chi connectivity index (χ3v) is 10.7. The van der Waals surface area contributed by atoms with Gasteiger partial charge in [-0.2, -0.15) is 0 Å². The van der Waals surface area contributed by atoms with E-state index >= 15 is 0 Å². The molecule has 0 radical (unpaired) electrons. The zero-order valence-electron chi connectivity index (χ0n) is 17.6. The van der Waals surface area contributed by atoms with E-state index in [1.165, 1.54) is 36.7 Å². The molecule has 12 heteroatoms. The van der Waals surface area contributed by atoms with Crippen LogP contribution in [0.3, 0.4) is 0 Å². The van der Waals surface area contributed by atoms with Gasteiger partial charge in [-0.1, -0.05) is 18.2 Å². The van der Waals surface area contributed by atoms with Gasteiger partial charge in [-0.15, -0.1) is 0 Å². The summed E-state index contributed by atoms with van der Waals surface area (Å²) in [6, 6.07) is 9.09. The summed E-state index contributed by atoms with van der Waals surface area (Å²) >= 11 is 0. The molecule has 4 unspecified atom stereocenters. The number of hydrogen-bond donors (Lipinski definition) is 3. The molecule has 0 saturated carbocycles. The van der Waals surface area contributed by atoms with E-state index in [1.807, 2.05) is 0 Å². The van der Waals surface area contributed by atoms with Crippen molar-refractivity contribution >= 4 is 27.2 Å². The van der Waals surface area contributed by atoms with Crippen molar-refractivity contribution in [3.63, 3.8) is 0 Å². The van der Waals surface area contributed by atoms with Crippen LogP contribution in [0.25, 0.3) is 0 Å². The summed E-state index contributed by atoms with van der Waals surface area (Å²) in [6.07, 6.45) is 5.75. The molecule has 1 aromatic heterocycles. The summed E-state index contributed by atoms with van der Waals surface area (Å²) in [6.45, 7) is 1.03. The molecule has 33 heavy (non-hydrogen) atoms. The first-order valence-electron chi connectivity index (χ1n) is 10.3. The van der Waals surface area contributed by atoms with E-state index in [9.17, 15) is 24.3 Å². The lowest BCUT2D eigenvalue weighted by atomic mass is 10.0. The van der Waals surface area contributed by atoms with Gasteiger partial charge in [0.15, 0.2) is 13.6 Å². The van der Waals surface area contributed by atoms with Gasteiger partial charge >= 0.3 is 13.6 Å². The van der Waals surface area contributed by atoms with E-state index in [2.05, 4.69) is 11.3 Å². The monoisotopic (exact) mass is 497 g/mol. The van der Waals surface area contributed by atoms with Gasteiger partial charge in [-0.3, -0.25) is 23.4 Å². The fraction of sp³-hybridized carbons (Fsp3) is 0.381. The highest BCUT2D eigenvalue weighted by molar-refractivity contribution is 7.78. The highest BCUT2D eigenvalue weighted by atomic mass is 31.2. The van der Waals surface area contributed by atoms with Crippen LogP contribution in [-0.4, -0.2) is 50.4 Å². The Bertz CT molecular complexity index is 1060. The largest absolute Gasteiger partial charge is 0.426 e. The Morgan fingerprint density at radius 1 is 1.18 bits per heavy atom. The molecule has 4 rings (SSSR count). The highest BCUT2D eigenvalue weighted by Crippen LogP contribution is 2.78. The van der Waals surface area contributed by atoms with Crippen LogP contribution < -0.4 is 4.74 Å². The minimum atomic E-state index is -4.83. The van der Waals surface area contributed by atoms with Gasteiger partial charge in [0.25, 0.3) is 0 Å². The lowest BCUT2D eigenvalue weighted by molar-refractivity contribution is -0.142. The van der Waals surface area contributed by atoms with Gasteiger partial charge in [0.2, 0.25) is 5.08 Å². The van der Waals surface area contributed by atoms with Crippen molar-refractivity contribution in [2.24, 2.45) is 5.92 Å². The quantitative estimate of drug-likeness (QED) is 0.320. The third kappa shape index (κ3) is 4.99. The maximum Gasteiger partial charge on any atom is 0.371 e. The SMILES string of the molecule is C=P1(O)OC(c2ccc(OC(=O)C3CCOCC3)cc2)OP(=O)(O)C1(O)Cc1cccnc1. The first-order chi connectivity index (χ1) is 15.6. The standard InChI is InChI=1S/C21H25NO9P2/c1-32(25)21(24,13-15-3-2-10-22-14-15)33(26,27)31-20(30-32)17-4-6-18(7-5-17)29-19(23)16-8-11-28-12-9-16/h2-7,10,14,16,20,24-25H,1,8-9,11-13H2,(H,26,27). The Morgan fingerprint density at radius 2 is 1.88 bits per heavy atom. The van der Waals surface area contributed by atoms with Gasteiger partial charge in [-0.05, 0) is 42.9 Å². The number of carbonyl (C=O) groups excluding carboxylic acids is 1. The number of benzene rings is 1. The van der Waals surface area contributed by atoms with Crippen LogP contribution in [0.1, 0.15) is 30.3 Å².